The monoisotopic (exact) mass is 504 g/mol. The molecule has 0 fully saturated rings. The van der Waals surface area contributed by atoms with Crippen LogP contribution in [0.1, 0.15) is 17.5 Å². The Labute approximate surface area is 194 Å². The SMILES string of the molecule is Cc1ccc(S(=O)(=O)OCCSCCCSCCOS(=O)(=O)c2ccc(C)cc2)cc1. The van der Waals surface area contributed by atoms with E-state index in [-0.39, 0.29) is 23.0 Å². The molecule has 31 heavy (non-hydrogen) atoms. The lowest BCUT2D eigenvalue weighted by Gasteiger charge is -2.07. The molecule has 0 radical (unpaired) electrons. The third kappa shape index (κ3) is 9.55. The molecule has 0 saturated carbocycles. The van der Waals surface area contributed by atoms with Gasteiger partial charge in [0, 0.05) is 11.5 Å². The van der Waals surface area contributed by atoms with Crippen LogP contribution < -0.4 is 0 Å². The van der Waals surface area contributed by atoms with E-state index in [4.69, 9.17) is 8.37 Å². The number of aryl methyl sites for hydroxylation is 2. The Hall–Kier alpha value is -1.04. The van der Waals surface area contributed by atoms with E-state index < -0.39 is 20.2 Å². The first-order chi connectivity index (χ1) is 14.7. The van der Waals surface area contributed by atoms with E-state index in [1.54, 1.807) is 72.1 Å². The number of benzene rings is 2. The molecular formula is C21H28O6S4. The van der Waals surface area contributed by atoms with Crippen LogP contribution in [0.3, 0.4) is 0 Å². The van der Waals surface area contributed by atoms with Crippen LogP contribution in [-0.2, 0) is 28.6 Å². The zero-order valence-electron chi connectivity index (χ0n) is 17.7. The van der Waals surface area contributed by atoms with Crippen LogP contribution >= 0.6 is 23.5 Å². The standard InChI is InChI=1S/C21H28O6S4/c1-18-4-8-20(9-5-18)30(22,23)26-12-16-28-14-3-15-29-17-13-27-31(24,25)21-10-6-19(2)7-11-21/h4-11H,3,12-17H2,1-2H3. The molecule has 0 aliphatic rings. The maximum Gasteiger partial charge on any atom is 0.296 e. The Kier molecular flexibility index (Phi) is 10.9. The molecule has 0 bridgehead atoms. The fourth-order valence-electron chi connectivity index (χ4n) is 2.42. The molecule has 6 nitrogen and oxygen atoms in total. The Morgan fingerprint density at radius 2 is 0.968 bits per heavy atom. The fraction of sp³-hybridized carbons (Fsp3) is 0.429. The third-order valence-electron chi connectivity index (χ3n) is 4.13. The average molecular weight is 505 g/mol. The van der Waals surface area contributed by atoms with E-state index in [9.17, 15) is 16.8 Å². The van der Waals surface area contributed by atoms with Crippen LogP contribution in [0.15, 0.2) is 58.3 Å². The van der Waals surface area contributed by atoms with Crippen molar-refractivity contribution < 1.29 is 25.2 Å². The van der Waals surface area contributed by atoms with Gasteiger partial charge in [0.15, 0.2) is 0 Å². The van der Waals surface area contributed by atoms with Gasteiger partial charge in [-0.3, -0.25) is 8.37 Å². The molecule has 2 rings (SSSR count). The third-order valence-corrected chi connectivity index (χ3v) is 8.85. The number of thioether (sulfide) groups is 2. The van der Waals surface area contributed by atoms with Gasteiger partial charge in [0.2, 0.25) is 0 Å². The molecule has 0 amide bonds. The molecule has 2 aromatic carbocycles. The van der Waals surface area contributed by atoms with E-state index in [0.717, 1.165) is 29.1 Å². The van der Waals surface area contributed by atoms with Crippen molar-refractivity contribution in [3.8, 4) is 0 Å². The van der Waals surface area contributed by atoms with E-state index in [2.05, 4.69) is 0 Å². The van der Waals surface area contributed by atoms with Crippen LogP contribution in [0.2, 0.25) is 0 Å². The van der Waals surface area contributed by atoms with Gasteiger partial charge in [-0.25, -0.2) is 0 Å². The highest BCUT2D eigenvalue weighted by Crippen LogP contribution is 2.16. The molecular weight excluding hydrogens is 476 g/mol. The van der Waals surface area contributed by atoms with Crippen molar-refractivity contribution >= 4 is 43.8 Å². The van der Waals surface area contributed by atoms with Crippen molar-refractivity contribution in [1.82, 2.24) is 0 Å². The van der Waals surface area contributed by atoms with Crippen LogP contribution in [0.5, 0.6) is 0 Å². The summed E-state index contributed by atoms with van der Waals surface area (Å²) in [6.45, 7) is 4.07. The van der Waals surface area contributed by atoms with Crippen LogP contribution in [0.4, 0.5) is 0 Å². The minimum absolute atomic E-state index is 0.138. The summed E-state index contributed by atoms with van der Waals surface area (Å²) in [5.41, 5.74) is 1.98. The molecule has 172 valence electrons. The highest BCUT2D eigenvalue weighted by atomic mass is 32.2. The summed E-state index contributed by atoms with van der Waals surface area (Å²) in [7, 11) is -7.40. The maximum atomic E-state index is 12.1. The van der Waals surface area contributed by atoms with Gasteiger partial charge >= 0.3 is 0 Å². The maximum absolute atomic E-state index is 12.1. The average Bonchev–Trinajstić information content (AvgIpc) is 2.72. The fourth-order valence-corrected chi connectivity index (χ4v) is 6.14. The smallest absolute Gasteiger partial charge is 0.266 e. The molecule has 0 saturated heterocycles. The second-order valence-electron chi connectivity index (χ2n) is 6.76. The summed E-state index contributed by atoms with van der Waals surface area (Å²) in [4.78, 5) is 0.345. The molecule has 0 N–H and O–H groups in total. The van der Waals surface area contributed by atoms with Crippen molar-refractivity contribution in [2.24, 2.45) is 0 Å². The minimum atomic E-state index is -3.70. The van der Waals surface area contributed by atoms with Crippen molar-refractivity contribution in [2.45, 2.75) is 30.1 Å². The van der Waals surface area contributed by atoms with E-state index in [0.29, 0.717) is 11.5 Å². The lowest BCUT2D eigenvalue weighted by atomic mass is 10.2. The summed E-state index contributed by atoms with van der Waals surface area (Å²) in [6.07, 6.45) is 0.935. The van der Waals surface area contributed by atoms with Gasteiger partial charge in [-0.2, -0.15) is 40.4 Å². The molecule has 10 heteroatoms. The highest BCUT2D eigenvalue weighted by molar-refractivity contribution is 8.00. The molecule has 0 heterocycles. The number of hydrogen-bond donors (Lipinski definition) is 0. The normalized spacial score (nSPS) is 12.2. The predicted molar refractivity (Wildman–Crippen MR) is 128 cm³/mol. The van der Waals surface area contributed by atoms with Gasteiger partial charge in [0.05, 0.1) is 23.0 Å². The summed E-state index contributed by atoms with van der Waals surface area (Å²) >= 11 is 3.26. The quantitative estimate of drug-likeness (QED) is 0.278. The first kappa shape index (κ1) is 26.2. The molecule has 0 aliphatic carbocycles. The first-order valence-corrected chi connectivity index (χ1v) is 14.9. The van der Waals surface area contributed by atoms with E-state index in [1.807, 2.05) is 13.8 Å². The van der Waals surface area contributed by atoms with Crippen LogP contribution in [0, 0.1) is 13.8 Å². The van der Waals surface area contributed by atoms with Crippen LogP contribution in [-0.4, -0.2) is 53.1 Å². The lowest BCUT2D eigenvalue weighted by molar-refractivity contribution is 0.340. The molecule has 2 aromatic rings. The highest BCUT2D eigenvalue weighted by Gasteiger charge is 2.15. The number of hydrogen-bond acceptors (Lipinski definition) is 8. The predicted octanol–water partition coefficient (Wildman–Crippen LogP) is 4.27. The molecule has 0 unspecified atom stereocenters. The lowest BCUT2D eigenvalue weighted by Crippen LogP contribution is -2.09. The first-order valence-electron chi connectivity index (χ1n) is 9.78. The van der Waals surface area contributed by atoms with E-state index in [1.165, 1.54) is 0 Å². The van der Waals surface area contributed by atoms with Gasteiger partial charge in [0.1, 0.15) is 0 Å². The van der Waals surface area contributed by atoms with Crippen molar-refractivity contribution in [2.75, 3.05) is 36.2 Å². The topological polar surface area (TPSA) is 86.7 Å². The zero-order chi connectivity index (χ0) is 22.7. The molecule has 0 atom stereocenters. The number of rotatable bonds is 14. The zero-order valence-corrected chi connectivity index (χ0v) is 20.9. The molecule has 0 spiro atoms. The minimum Gasteiger partial charge on any atom is -0.266 e. The van der Waals surface area contributed by atoms with Gasteiger partial charge in [-0.05, 0) is 56.0 Å². The summed E-state index contributed by atoms with van der Waals surface area (Å²) in [5, 5.41) is 0. The Bertz CT molecular complexity index is 917. The van der Waals surface area contributed by atoms with Gasteiger partial charge in [0.25, 0.3) is 20.2 Å². The Morgan fingerprint density at radius 1 is 0.613 bits per heavy atom. The summed E-state index contributed by atoms with van der Waals surface area (Å²) < 4.78 is 58.4. The second kappa shape index (κ2) is 12.9. The van der Waals surface area contributed by atoms with Crippen molar-refractivity contribution in [3.63, 3.8) is 0 Å². The molecule has 0 aliphatic heterocycles. The van der Waals surface area contributed by atoms with E-state index >= 15 is 0 Å². The Morgan fingerprint density at radius 3 is 1.32 bits per heavy atom. The second-order valence-corrected chi connectivity index (χ2v) is 12.4. The van der Waals surface area contributed by atoms with Crippen molar-refractivity contribution in [1.29, 1.82) is 0 Å². The Balaban J connectivity index is 1.50. The largest absolute Gasteiger partial charge is 0.296 e. The van der Waals surface area contributed by atoms with Crippen molar-refractivity contribution in [3.05, 3.63) is 59.7 Å². The van der Waals surface area contributed by atoms with Gasteiger partial charge < -0.3 is 0 Å². The summed E-state index contributed by atoms with van der Waals surface area (Å²) in [5.74, 6) is 2.94. The summed E-state index contributed by atoms with van der Waals surface area (Å²) in [6, 6.07) is 13.2. The molecule has 0 aromatic heterocycles. The van der Waals surface area contributed by atoms with Gasteiger partial charge in [-0.15, -0.1) is 0 Å². The van der Waals surface area contributed by atoms with Crippen LogP contribution in [0.25, 0.3) is 0 Å². The van der Waals surface area contributed by atoms with Gasteiger partial charge in [-0.1, -0.05) is 35.4 Å².